The van der Waals surface area contributed by atoms with Gasteiger partial charge in [0.15, 0.2) is 0 Å². The van der Waals surface area contributed by atoms with Crippen molar-refractivity contribution in [2.45, 2.75) is 24.6 Å². The summed E-state index contributed by atoms with van der Waals surface area (Å²) in [6.07, 6.45) is 6.89. The largest absolute Gasteiger partial charge is 0.302 e. The van der Waals surface area contributed by atoms with Gasteiger partial charge in [0.2, 0.25) is 0 Å². The lowest BCUT2D eigenvalue weighted by Crippen LogP contribution is -2.37. The van der Waals surface area contributed by atoms with Gasteiger partial charge >= 0.3 is 0 Å². The Bertz CT molecular complexity index is 410. The van der Waals surface area contributed by atoms with Crippen molar-refractivity contribution in [3.63, 3.8) is 0 Å². The molecule has 1 aliphatic heterocycles. The summed E-state index contributed by atoms with van der Waals surface area (Å²) in [6, 6.07) is 3.38. The number of aromatic nitrogens is 1. The molecule has 1 saturated heterocycles. The van der Waals surface area contributed by atoms with Crippen LogP contribution in [-0.2, 0) is 4.84 Å². The maximum Gasteiger partial charge on any atom is 0.276 e. The van der Waals surface area contributed by atoms with Gasteiger partial charge in [0.25, 0.3) is 5.91 Å². The predicted molar refractivity (Wildman–Crippen MR) is 77.6 cm³/mol. The molecule has 0 aliphatic carbocycles. The standard InChI is InChI=1S/C14H20ClN3O2/c15-13(10-18-7-2-1-3-8-18)11-20-17-14(19)12-5-4-6-16-9-12/h4-6,9,13H,1-3,7-8,10-11H2,(H,17,19). The lowest BCUT2D eigenvalue weighted by atomic mass is 10.1. The van der Waals surface area contributed by atoms with Gasteiger partial charge in [0, 0.05) is 18.9 Å². The summed E-state index contributed by atoms with van der Waals surface area (Å²) in [5.74, 6) is -0.306. The molecule has 0 spiro atoms. The number of nitrogens with one attached hydrogen (secondary N) is 1. The van der Waals surface area contributed by atoms with Gasteiger partial charge in [-0.2, -0.15) is 0 Å². The molecule has 1 aromatic heterocycles. The zero-order valence-corrected chi connectivity index (χ0v) is 12.2. The first-order valence-corrected chi connectivity index (χ1v) is 7.38. The van der Waals surface area contributed by atoms with Gasteiger partial charge in [-0.3, -0.25) is 14.6 Å². The Kier molecular flexibility index (Phi) is 6.24. The summed E-state index contributed by atoms with van der Waals surface area (Å²) in [6.45, 7) is 3.30. The van der Waals surface area contributed by atoms with E-state index in [0.717, 1.165) is 19.6 Å². The van der Waals surface area contributed by atoms with Crippen LogP contribution in [0.25, 0.3) is 0 Å². The zero-order valence-electron chi connectivity index (χ0n) is 11.4. The molecule has 6 heteroatoms. The number of alkyl halides is 1. The van der Waals surface area contributed by atoms with Gasteiger partial charge in [-0.25, -0.2) is 5.48 Å². The quantitative estimate of drug-likeness (QED) is 0.643. The molecule has 20 heavy (non-hydrogen) atoms. The molecule has 1 amide bonds. The van der Waals surface area contributed by atoms with Crippen molar-refractivity contribution in [1.82, 2.24) is 15.4 Å². The van der Waals surface area contributed by atoms with Crippen molar-refractivity contribution >= 4 is 17.5 Å². The second-order valence-electron chi connectivity index (χ2n) is 4.94. The number of amides is 1. The lowest BCUT2D eigenvalue weighted by molar-refractivity contribution is 0.0284. The number of pyridine rings is 1. The summed E-state index contributed by atoms with van der Waals surface area (Å²) in [4.78, 5) is 23.1. The van der Waals surface area contributed by atoms with Gasteiger partial charge < -0.3 is 4.90 Å². The Hall–Kier alpha value is -1.17. The van der Waals surface area contributed by atoms with Gasteiger partial charge in [0.05, 0.1) is 17.5 Å². The molecule has 0 radical (unpaired) electrons. The molecule has 2 heterocycles. The molecule has 2 rings (SSSR count). The Labute approximate surface area is 124 Å². The lowest BCUT2D eigenvalue weighted by Gasteiger charge is -2.28. The molecule has 1 aromatic rings. The number of halogens is 1. The average Bonchev–Trinajstić information content (AvgIpc) is 2.49. The molecule has 110 valence electrons. The number of hydroxylamine groups is 1. The number of carbonyl (C=O) groups excluding carboxylic acids is 1. The topological polar surface area (TPSA) is 54.5 Å². The maximum atomic E-state index is 11.7. The molecule has 5 nitrogen and oxygen atoms in total. The number of hydrogen-bond donors (Lipinski definition) is 1. The molecule has 1 atom stereocenters. The number of carbonyl (C=O) groups is 1. The van der Waals surface area contributed by atoms with Crippen LogP contribution < -0.4 is 5.48 Å². The molecule has 1 N–H and O–H groups in total. The van der Waals surface area contributed by atoms with Crippen LogP contribution in [-0.4, -0.2) is 47.4 Å². The third-order valence-electron chi connectivity index (χ3n) is 3.26. The summed E-state index contributed by atoms with van der Waals surface area (Å²) >= 11 is 6.21. The molecule has 1 fully saturated rings. The Balaban J connectivity index is 1.63. The minimum atomic E-state index is -0.306. The van der Waals surface area contributed by atoms with E-state index >= 15 is 0 Å². The highest BCUT2D eigenvalue weighted by Crippen LogP contribution is 2.10. The fourth-order valence-corrected chi connectivity index (χ4v) is 2.49. The van der Waals surface area contributed by atoms with E-state index in [1.165, 1.54) is 25.5 Å². The van der Waals surface area contributed by atoms with E-state index < -0.39 is 0 Å². The normalized spacial score (nSPS) is 17.6. The van der Waals surface area contributed by atoms with E-state index in [-0.39, 0.29) is 11.3 Å². The smallest absolute Gasteiger partial charge is 0.276 e. The first kappa shape index (κ1) is 15.2. The predicted octanol–water partition coefficient (Wildman–Crippen LogP) is 1.84. The highest BCUT2D eigenvalue weighted by Gasteiger charge is 2.15. The molecule has 0 aromatic carbocycles. The second-order valence-corrected chi connectivity index (χ2v) is 5.56. The van der Waals surface area contributed by atoms with Crippen molar-refractivity contribution in [3.05, 3.63) is 30.1 Å². The SMILES string of the molecule is O=C(NOCC(Cl)CN1CCCCC1)c1cccnc1. The fraction of sp³-hybridized carbons (Fsp3) is 0.571. The van der Waals surface area contributed by atoms with Gasteiger partial charge in [0.1, 0.15) is 0 Å². The van der Waals surface area contributed by atoms with E-state index in [4.69, 9.17) is 16.4 Å². The average molecular weight is 298 g/mol. The van der Waals surface area contributed by atoms with Crippen LogP contribution in [0, 0.1) is 0 Å². The highest BCUT2D eigenvalue weighted by atomic mass is 35.5. The third kappa shape index (κ3) is 5.07. The van der Waals surface area contributed by atoms with Gasteiger partial charge in [-0.15, -0.1) is 11.6 Å². The van der Waals surface area contributed by atoms with Gasteiger partial charge in [-0.05, 0) is 38.1 Å². The number of piperidine rings is 1. The van der Waals surface area contributed by atoms with Crippen LogP contribution in [0.15, 0.2) is 24.5 Å². The number of hydrogen-bond acceptors (Lipinski definition) is 4. The monoisotopic (exact) mass is 297 g/mol. The maximum absolute atomic E-state index is 11.7. The van der Waals surface area contributed by atoms with E-state index in [2.05, 4.69) is 15.4 Å². The summed E-state index contributed by atoms with van der Waals surface area (Å²) in [5.41, 5.74) is 2.85. The number of nitrogens with zero attached hydrogens (tertiary/aromatic N) is 2. The van der Waals surface area contributed by atoms with Gasteiger partial charge in [-0.1, -0.05) is 6.42 Å². The van der Waals surface area contributed by atoms with E-state index in [9.17, 15) is 4.79 Å². The minimum Gasteiger partial charge on any atom is -0.302 e. The summed E-state index contributed by atoms with van der Waals surface area (Å²) < 4.78 is 0. The molecular weight excluding hydrogens is 278 g/mol. The van der Waals surface area contributed by atoms with E-state index in [0.29, 0.717) is 12.2 Å². The van der Waals surface area contributed by atoms with Crippen molar-refractivity contribution in [2.75, 3.05) is 26.2 Å². The highest BCUT2D eigenvalue weighted by molar-refractivity contribution is 6.20. The number of rotatable bonds is 6. The Morgan fingerprint density at radius 3 is 2.95 bits per heavy atom. The van der Waals surface area contributed by atoms with Crippen LogP contribution in [0.2, 0.25) is 0 Å². The second kappa shape index (κ2) is 8.19. The van der Waals surface area contributed by atoms with Crippen LogP contribution in [0.1, 0.15) is 29.6 Å². The van der Waals surface area contributed by atoms with Crippen LogP contribution in [0.5, 0.6) is 0 Å². The van der Waals surface area contributed by atoms with Crippen LogP contribution >= 0.6 is 11.6 Å². The Morgan fingerprint density at radius 2 is 2.25 bits per heavy atom. The van der Waals surface area contributed by atoms with Crippen molar-refractivity contribution < 1.29 is 9.63 Å². The summed E-state index contributed by atoms with van der Waals surface area (Å²) in [5, 5.41) is -0.123. The fourth-order valence-electron chi connectivity index (χ4n) is 2.23. The minimum absolute atomic E-state index is 0.123. The zero-order chi connectivity index (χ0) is 14.2. The molecule has 1 aliphatic rings. The first-order valence-electron chi connectivity index (χ1n) is 6.94. The molecule has 0 saturated carbocycles. The van der Waals surface area contributed by atoms with E-state index in [1.54, 1.807) is 18.3 Å². The van der Waals surface area contributed by atoms with Crippen molar-refractivity contribution in [2.24, 2.45) is 0 Å². The molecule has 1 unspecified atom stereocenters. The molecular formula is C14H20ClN3O2. The molecule has 0 bridgehead atoms. The third-order valence-corrected chi connectivity index (χ3v) is 3.52. The summed E-state index contributed by atoms with van der Waals surface area (Å²) in [7, 11) is 0. The van der Waals surface area contributed by atoms with Crippen molar-refractivity contribution in [3.8, 4) is 0 Å². The van der Waals surface area contributed by atoms with Crippen LogP contribution in [0.4, 0.5) is 0 Å². The number of likely N-dealkylation sites (tertiary alicyclic amines) is 1. The Morgan fingerprint density at radius 1 is 1.45 bits per heavy atom. The van der Waals surface area contributed by atoms with Crippen molar-refractivity contribution in [1.29, 1.82) is 0 Å². The first-order chi connectivity index (χ1) is 9.75. The van der Waals surface area contributed by atoms with Crippen LogP contribution in [0.3, 0.4) is 0 Å². The van der Waals surface area contributed by atoms with E-state index in [1.807, 2.05) is 0 Å².